The van der Waals surface area contributed by atoms with Gasteiger partial charge in [0.2, 0.25) is 5.13 Å². The number of aromatic nitrogens is 4. The Hall–Kier alpha value is -3.33. The average Bonchev–Trinajstić information content (AvgIpc) is 3.32. The second kappa shape index (κ2) is 7.70. The Kier molecular flexibility index (Phi) is 5.18. The molecular weight excluding hydrogens is 352 g/mol. The molecule has 9 heteroatoms. The van der Waals surface area contributed by atoms with Crippen molar-refractivity contribution in [3.8, 4) is 10.6 Å². The van der Waals surface area contributed by atoms with E-state index < -0.39 is 4.92 Å². The Bertz CT molecular complexity index is 1040. The van der Waals surface area contributed by atoms with Gasteiger partial charge in [0.05, 0.1) is 16.6 Å². The fourth-order valence-electron chi connectivity index (χ4n) is 2.29. The quantitative estimate of drug-likeness (QED) is 0.397. The average molecular weight is 368 g/mol. The van der Waals surface area contributed by atoms with Gasteiger partial charge in [-0.05, 0) is 18.2 Å². The molecule has 8 nitrogen and oxygen atoms in total. The molecule has 0 aliphatic rings. The summed E-state index contributed by atoms with van der Waals surface area (Å²) >= 11 is 1.33. The van der Waals surface area contributed by atoms with Crippen molar-refractivity contribution in [1.29, 1.82) is 0 Å². The molecule has 2 aromatic heterocycles. The van der Waals surface area contributed by atoms with Crippen LogP contribution in [0.2, 0.25) is 0 Å². The van der Waals surface area contributed by atoms with Crippen LogP contribution in [-0.2, 0) is 0 Å². The van der Waals surface area contributed by atoms with Gasteiger partial charge in [-0.3, -0.25) is 15.2 Å². The van der Waals surface area contributed by atoms with Crippen LogP contribution in [0.15, 0.2) is 48.7 Å². The number of H-pyrrole nitrogens is 1. The molecule has 0 fully saturated rings. The van der Waals surface area contributed by atoms with Gasteiger partial charge in [-0.1, -0.05) is 37.3 Å². The first-order valence-corrected chi connectivity index (χ1v) is 8.79. The minimum atomic E-state index is -0.427. The minimum absolute atomic E-state index is 0.0302. The van der Waals surface area contributed by atoms with Crippen LogP contribution in [0, 0.1) is 10.1 Å². The maximum Gasteiger partial charge on any atom is 0.270 e. The summed E-state index contributed by atoms with van der Waals surface area (Å²) in [7, 11) is 0. The second-order valence-corrected chi connectivity index (χ2v) is 5.99. The summed E-state index contributed by atoms with van der Waals surface area (Å²) in [5, 5.41) is 31.3. The number of benzene rings is 2. The predicted molar refractivity (Wildman–Crippen MR) is 103 cm³/mol. The van der Waals surface area contributed by atoms with Crippen molar-refractivity contribution in [1.82, 2.24) is 20.4 Å². The van der Waals surface area contributed by atoms with Crippen molar-refractivity contribution in [2.75, 3.05) is 5.32 Å². The van der Waals surface area contributed by atoms with E-state index in [2.05, 4.69) is 25.7 Å². The molecule has 0 bridgehead atoms. The van der Waals surface area contributed by atoms with Gasteiger partial charge < -0.3 is 5.32 Å². The summed E-state index contributed by atoms with van der Waals surface area (Å²) in [6.45, 7) is 4.00. The molecule has 4 aromatic rings. The highest BCUT2D eigenvalue weighted by Crippen LogP contribution is 2.30. The lowest BCUT2D eigenvalue weighted by molar-refractivity contribution is -0.384. The fraction of sp³-hybridized carbons (Fsp3) is 0.118. The lowest BCUT2D eigenvalue weighted by Gasteiger charge is -2.01. The highest BCUT2D eigenvalue weighted by molar-refractivity contribution is 7.18. The monoisotopic (exact) mass is 368 g/mol. The van der Waals surface area contributed by atoms with E-state index >= 15 is 0 Å². The van der Waals surface area contributed by atoms with Crippen LogP contribution >= 0.6 is 11.3 Å². The number of nitro groups is 1. The summed E-state index contributed by atoms with van der Waals surface area (Å²) in [6.07, 6.45) is 1.75. The highest BCUT2D eigenvalue weighted by atomic mass is 32.1. The molecule has 0 radical (unpaired) electrons. The van der Waals surface area contributed by atoms with E-state index in [1.807, 2.05) is 32.0 Å². The van der Waals surface area contributed by atoms with Crippen molar-refractivity contribution < 1.29 is 4.92 Å². The van der Waals surface area contributed by atoms with Crippen LogP contribution in [0.1, 0.15) is 13.8 Å². The number of nitro benzene ring substituents is 1. The number of nitrogens with zero attached hydrogens (tertiary/aromatic N) is 4. The SMILES string of the molecule is CC.O=[N+]([O-])c1cccc(-c2nnc(Nc3ccc4[nH]ncc4c3)s2)c1. The van der Waals surface area contributed by atoms with Crippen LogP contribution in [0.4, 0.5) is 16.5 Å². The second-order valence-electron chi connectivity index (χ2n) is 5.02. The van der Waals surface area contributed by atoms with Crippen LogP contribution in [-0.4, -0.2) is 25.3 Å². The standard InChI is InChI=1S/C15H10N6O2S.C2H6/c22-21(23)12-3-1-2-9(7-12)14-19-20-15(24-14)17-11-4-5-13-10(6-11)8-16-18-13;1-2/h1-8H,(H,16,18)(H,17,20);1-2H3. The van der Waals surface area contributed by atoms with Crippen molar-refractivity contribution >= 4 is 38.7 Å². The first-order chi connectivity index (χ1) is 12.7. The largest absolute Gasteiger partial charge is 0.330 e. The molecule has 0 amide bonds. The molecule has 0 spiro atoms. The van der Waals surface area contributed by atoms with Crippen LogP contribution in [0.5, 0.6) is 0 Å². The van der Waals surface area contributed by atoms with Gasteiger partial charge in [-0.15, -0.1) is 10.2 Å². The molecule has 0 aliphatic heterocycles. The Balaban J connectivity index is 0.000000948. The maximum atomic E-state index is 10.9. The highest BCUT2D eigenvalue weighted by Gasteiger charge is 2.11. The number of anilines is 2. The molecule has 0 saturated carbocycles. The van der Waals surface area contributed by atoms with Crippen molar-refractivity contribution in [2.45, 2.75) is 13.8 Å². The zero-order valence-electron chi connectivity index (χ0n) is 14.1. The van der Waals surface area contributed by atoms with E-state index in [1.54, 1.807) is 18.3 Å². The van der Waals surface area contributed by atoms with Gasteiger partial charge in [0.25, 0.3) is 5.69 Å². The number of rotatable bonds is 4. The van der Waals surface area contributed by atoms with Gasteiger partial charge >= 0.3 is 0 Å². The molecule has 4 rings (SSSR count). The lowest BCUT2D eigenvalue weighted by Crippen LogP contribution is -1.88. The predicted octanol–water partition coefficient (Wildman–Crippen LogP) is 4.76. The number of non-ortho nitro benzene ring substituents is 1. The van der Waals surface area contributed by atoms with Crippen molar-refractivity contribution in [2.24, 2.45) is 0 Å². The molecular formula is C17H16N6O2S. The van der Waals surface area contributed by atoms with E-state index in [0.29, 0.717) is 15.7 Å². The number of fused-ring (bicyclic) bond motifs is 1. The third kappa shape index (κ3) is 3.67. The molecule has 0 saturated heterocycles. The Morgan fingerprint density at radius 3 is 2.81 bits per heavy atom. The first-order valence-electron chi connectivity index (χ1n) is 7.97. The molecule has 2 aromatic carbocycles. The smallest absolute Gasteiger partial charge is 0.270 e. The maximum absolute atomic E-state index is 10.9. The topological polar surface area (TPSA) is 110 Å². The van der Waals surface area contributed by atoms with Gasteiger partial charge in [0.1, 0.15) is 5.01 Å². The number of aromatic amines is 1. The molecule has 0 unspecified atom stereocenters. The molecule has 2 heterocycles. The lowest BCUT2D eigenvalue weighted by atomic mass is 10.2. The Labute approximate surface area is 153 Å². The third-order valence-electron chi connectivity index (χ3n) is 3.42. The third-order valence-corrected chi connectivity index (χ3v) is 4.31. The Morgan fingerprint density at radius 1 is 1.15 bits per heavy atom. The molecule has 0 aliphatic carbocycles. The Morgan fingerprint density at radius 2 is 2.00 bits per heavy atom. The first kappa shape index (κ1) is 17.5. The van der Waals surface area contributed by atoms with E-state index in [-0.39, 0.29) is 5.69 Å². The number of hydrogen-bond donors (Lipinski definition) is 2. The molecule has 132 valence electrons. The van der Waals surface area contributed by atoms with Crippen molar-refractivity contribution in [3.05, 3.63) is 58.8 Å². The minimum Gasteiger partial charge on any atom is -0.330 e. The summed E-state index contributed by atoms with van der Waals surface area (Å²) in [6, 6.07) is 12.1. The van der Waals surface area contributed by atoms with E-state index in [9.17, 15) is 10.1 Å². The van der Waals surface area contributed by atoms with Gasteiger partial charge in [-0.2, -0.15) is 5.10 Å². The fourth-order valence-corrected chi connectivity index (χ4v) is 3.05. The van der Waals surface area contributed by atoms with Gasteiger partial charge in [-0.25, -0.2) is 0 Å². The summed E-state index contributed by atoms with van der Waals surface area (Å²) < 4.78 is 0. The van der Waals surface area contributed by atoms with Gasteiger partial charge in [0, 0.05) is 28.8 Å². The molecule has 2 N–H and O–H groups in total. The van der Waals surface area contributed by atoms with Crippen LogP contribution in [0.25, 0.3) is 21.5 Å². The van der Waals surface area contributed by atoms with E-state index in [0.717, 1.165) is 16.6 Å². The van der Waals surface area contributed by atoms with Crippen LogP contribution < -0.4 is 5.32 Å². The van der Waals surface area contributed by atoms with Crippen LogP contribution in [0.3, 0.4) is 0 Å². The number of hydrogen-bond acceptors (Lipinski definition) is 7. The summed E-state index contributed by atoms with van der Waals surface area (Å²) in [5.74, 6) is 0. The van der Waals surface area contributed by atoms with E-state index in [4.69, 9.17) is 0 Å². The van der Waals surface area contributed by atoms with Gasteiger partial charge in [0.15, 0.2) is 0 Å². The summed E-state index contributed by atoms with van der Waals surface area (Å²) in [5.41, 5.74) is 2.52. The van der Waals surface area contributed by atoms with E-state index in [1.165, 1.54) is 23.5 Å². The summed E-state index contributed by atoms with van der Waals surface area (Å²) in [4.78, 5) is 10.4. The van der Waals surface area contributed by atoms with Crippen molar-refractivity contribution in [3.63, 3.8) is 0 Å². The zero-order chi connectivity index (χ0) is 18.5. The molecule has 0 atom stereocenters. The zero-order valence-corrected chi connectivity index (χ0v) is 14.9. The molecule has 26 heavy (non-hydrogen) atoms. The normalized spacial score (nSPS) is 10.2. The number of nitrogens with one attached hydrogen (secondary N) is 2.